The number of hydrogen-bond acceptors (Lipinski definition) is 4. The minimum atomic E-state index is -0.539. The van der Waals surface area contributed by atoms with Crippen LogP contribution in [0.15, 0.2) is 9.59 Å². The second-order valence-corrected chi connectivity index (χ2v) is 3.24. The van der Waals surface area contributed by atoms with Gasteiger partial charge >= 0.3 is 5.69 Å². The lowest BCUT2D eigenvalue weighted by atomic mass is 10.5. The summed E-state index contributed by atoms with van der Waals surface area (Å²) in [5.41, 5.74) is -0.486. The van der Waals surface area contributed by atoms with Crippen LogP contribution in [-0.4, -0.2) is 24.2 Å². The number of fused-ring (bicyclic) bond motifs is 1. The van der Waals surface area contributed by atoms with Crippen LogP contribution < -0.4 is 11.2 Å². The van der Waals surface area contributed by atoms with Crippen molar-refractivity contribution in [1.82, 2.24) is 19.1 Å². The van der Waals surface area contributed by atoms with Crippen LogP contribution in [-0.2, 0) is 20.7 Å². The van der Waals surface area contributed by atoms with Gasteiger partial charge in [0.05, 0.1) is 0 Å². The van der Waals surface area contributed by atoms with E-state index in [1.54, 1.807) is 7.05 Å². The summed E-state index contributed by atoms with van der Waals surface area (Å²) in [6, 6.07) is 0. The largest absolute Gasteiger partial charge is 0.388 e. The zero-order valence-corrected chi connectivity index (χ0v) is 8.31. The van der Waals surface area contributed by atoms with Gasteiger partial charge in [0.15, 0.2) is 5.52 Å². The summed E-state index contributed by atoms with van der Waals surface area (Å²) in [6.07, 6.45) is 0. The Morgan fingerprint density at radius 2 is 2.00 bits per heavy atom. The Bertz CT molecular complexity index is 634. The number of aromatic nitrogens is 4. The number of aliphatic hydroxyl groups is 1. The Balaban J connectivity index is 3.08. The minimum Gasteiger partial charge on any atom is -0.388 e. The number of nitrogens with zero attached hydrogens (tertiary/aromatic N) is 3. The van der Waals surface area contributed by atoms with E-state index in [0.717, 1.165) is 0 Å². The predicted molar refractivity (Wildman–Crippen MR) is 52.5 cm³/mol. The summed E-state index contributed by atoms with van der Waals surface area (Å²) in [6.45, 7) is -0.279. The fourth-order valence-corrected chi connectivity index (χ4v) is 1.55. The van der Waals surface area contributed by atoms with Crippen LogP contribution in [0.25, 0.3) is 11.2 Å². The molecule has 0 fully saturated rings. The monoisotopic (exact) mass is 210 g/mol. The third kappa shape index (κ3) is 1.20. The number of aliphatic hydroxyl groups excluding tert-OH is 1. The molecule has 2 N–H and O–H groups in total. The van der Waals surface area contributed by atoms with E-state index in [2.05, 4.69) is 9.97 Å². The summed E-state index contributed by atoms with van der Waals surface area (Å²) < 4.78 is 2.80. The molecule has 0 aliphatic rings. The van der Waals surface area contributed by atoms with Crippen LogP contribution in [0.3, 0.4) is 0 Å². The number of H-pyrrole nitrogens is 1. The van der Waals surface area contributed by atoms with Gasteiger partial charge in [-0.05, 0) is 0 Å². The third-order valence-electron chi connectivity index (χ3n) is 2.36. The Kier molecular flexibility index (Phi) is 1.97. The van der Waals surface area contributed by atoms with Crippen LogP contribution in [0.1, 0.15) is 5.82 Å². The molecule has 0 aliphatic heterocycles. The molecular formula is C8H10N4O3. The second-order valence-electron chi connectivity index (χ2n) is 3.24. The molecule has 0 bridgehead atoms. The van der Waals surface area contributed by atoms with E-state index in [1.807, 2.05) is 0 Å². The minimum absolute atomic E-state index is 0.156. The quantitative estimate of drug-likeness (QED) is 0.596. The zero-order chi connectivity index (χ0) is 11.2. The molecule has 2 heterocycles. The average Bonchev–Trinajstić information content (AvgIpc) is 2.53. The van der Waals surface area contributed by atoms with Gasteiger partial charge in [-0.3, -0.25) is 14.3 Å². The highest BCUT2D eigenvalue weighted by Crippen LogP contribution is 2.07. The van der Waals surface area contributed by atoms with Crippen molar-refractivity contribution in [2.45, 2.75) is 6.61 Å². The number of rotatable bonds is 1. The first-order chi connectivity index (χ1) is 7.06. The lowest BCUT2D eigenvalue weighted by Gasteiger charge is -2.02. The van der Waals surface area contributed by atoms with E-state index in [1.165, 1.54) is 16.2 Å². The molecule has 0 radical (unpaired) electrons. The van der Waals surface area contributed by atoms with Crippen molar-refractivity contribution in [3.05, 3.63) is 26.7 Å². The topological polar surface area (TPSA) is 92.9 Å². The van der Waals surface area contributed by atoms with Crippen molar-refractivity contribution in [2.24, 2.45) is 14.1 Å². The molecule has 2 aromatic heterocycles. The fourth-order valence-electron chi connectivity index (χ4n) is 1.55. The van der Waals surface area contributed by atoms with Crippen molar-refractivity contribution in [3.8, 4) is 0 Å². The molecule has 0 saturated carbocycles. The molecule has 7 heteroatoms. The molecule has 7 nitrogen and oxygen atoms in total. The molecular weight excluding hydrogens is 200 g/mol. The average molecular weight is 210 g/mol. The van der Waals surface area contributed by atoms with Gasteiger partial charge in [-0.1, -0.05) is 0 Å². The van der Waals surface area contributed by atoms with Crippen molar-refractivity contribution >= 4 is 11.2 Å². The highest BCUT2D eigenvalue weighted by molar-refractivity contribution is 5.70. The van der Waals surface area contributed by atoms with E-state index in [-0.39, 0.29) is 12.1 Å². The number of aromatic amines is 1. The van der Waals surface area contributed by atoms with Gasteiger partial charge in [-0.2, -0.15) is 0 Å². The summed E-state index contributed by atoms with van der Waals surface area (Å²) in [5.74, 6) is 0.344. The van der Waals surface area contributed by atoms with E-state index >= 15 is 0 Å². The molecule has 80 valence electrons. The number of nitrogens with one attached hydrogen (secondary N) is 1. The van der Waals surface area contributed by atoms with Crippen LogP contribution in [0.4, 0.5) is 0 Å². The maximum atomic E-state index is 11.4. The SMILES string of the molecule is Cn1c(CO)nc2c(=O)[nH]c(=O)n(C)c21. The fraction of sp³-hybridized carbons (Fsp3) is 0.375. The van der Waals surface area contributed by atoms with E-state index < -0.39 is 11.2 Å². The first-order valence-electron chi connectivity index (χ1n) is 4.31. The van der Waals surface area contributed by atoms with Crippen LogP contribution >= 0.6 is 0 Å². The molecule has 0 saturated heterocycles. The van der Waals surface area contributed by atoms with Crippen LogP contribution in [0, 0.1) is 0 Å². The smallest absolute Gasteiger partial charge is 0.329 e. The Hall–Kier alpha value is -1.89. The van der Waals surface area contributed by atoms with Gasteiger partial charge < -0.3 is 9.67 Å². The number of aryl methyl sites for hydroxylation is 2. The molecule has 0 atom stereocenters. The summed E-state index contributed by atoms with van der Waals surface area (Å²) in [7, 11) is 3.17. The first-order valence-corrected chi connectivity index (χ1v) is 4.31. The number of hydrogen-bond donors (Lipinski definition) is 2. The summed E-state index contributed by atoms with van der Waals surface area (Å²) in [5, 5.41) is 8.99. The van der Waals surface area contributed by atoms with Gasteiger partial charge in [-0.25, -0.2) is 9.78 Å². The molecule has 0 unspecified atom stereocenters. The molecule has 15 heavy (non-hydrogen) atoms. The Labute approximate surface area is 83.6 Å². The van der Waals surface area contributed by atoms with Crippen molar-refractivity contribution in [1.29, 1.82) is 0 Å². The van der Waals surface area contributed by atoms with Crippen LogP contribution in [0.2, 0.25) is 0 Å². The lowest BCUT2D eigenvalue weighted by molar-refractivity contribution is 0.268. The molecule has 0 amide bonds. The highest BCUT2D eigenvalue weighted by atomic mass is 16.3. The maximum absolute atomic E-state index is 11.4. The van der Waals surface area contributed by atoms with Gasteiger partial charge in [0, 0.05) is 14.1 Å². The zero-order valence-electron chi connectivity index (χ0n) is 8.31. The van der Waals surface area contributed by atoms with E-state index in [0.29, 0.717) is 11.5 Å². The van der Waals surface area contributed by atoms with E-state index in [9.17, 15) is 9.59 Å². The third-order valence-corrected chi connectivity index (χ3v) is 2.36. The molecule has 2 rings (SSSR count). The molecule has 2 aromatic rings. The van der Waals surface area contributed by atoms with Crippen molar-refractivity contribution < 1.29 is 5.11 Å². The molecule has 0 spiro atoms. The summed E-state index contributed by atoms with van der Waals surface area (Å²) >= 11 is 0. The second kappa shape index (κ2) is 3.06. The lowest BCUT2D eigenvalue weighted by Crippen LogP contribution is -2.29. The van der Waals surface area contributed by atoms with Crippen molar-refractivity contribution in [2.75, 3.05) is 0 Å². The van der Waals surface area contributed by atoms with Gasteiger partial charge in [0.2, 0.25) is 0 Å². The number of imidazole rings is 1. The van der Waals surface area contributed by atoms with Gasteiger partial charge in [0.1, 0.15) is 18.1 Å². The maximum Gasteiger partial charge on any atom is 0.329 e. The molecule has 0 aromatic carbocycles. The normalized spacial score (nSPS) is 11.1. The Morgan fingerprint density at radius 1 is 1.33 bits per heavy atom. The first kappa shape index (κ1) is 9.66. The molecule has 0 aliphatic carbocycles. The standard InChI is InChI=1S/C8H10N4O3/c1-11-4(3-13)9-5-6(14)10-8(15)12(2)7(5)11/h13H,3H2,1-2H3,(H,10,14,15). The van der Waals surface area contributed by atoms with E-state index in [4.69, 9.17) is 5.11 Å². The predicted octanol–water partition coefficient (Wildman–Crippen LogP) is -1.55. The van der Waals surface area contributed by atoms with Gasteiger partial charge in [0.25, 0.3) is 5.56 Å². The summed E-state index contributed by atoms with van der Waals surface area (Å²) in [4.78, 5) is 28.8. The van der Waals surface area contributed by atoms with Gasteiger partial charge in [-0.15, -0.1) is 0 Å². The van der Waals surface area contributed by atoms with Crippen LogP contribution in [0.5, 0.6) is 0 Å². The highest BCUT2D eigenvalue weighted by Gasteiger charge is 2.13. The van der Waals surface area contributed by atoms with Crippen molar-refractivity contribution in [3.63, 3.8) is 0 Å². The Morgan fingerprint density at radius 3 is 2.60 bits per heavy atom.